The number of hydrogen-bond acceptors (Lipinski definition) is 6. The van der Waals surface area contributed by atoms with E-state index in [-0.39, 0.29) is 37.0 Å². The highest BCUT2D eigenvalue weighted by Crippen LogP contribution is 2.34. The molecule has 2 aliphatic rings. The normalized spacial score (nSPS) is 20.8. The maximum atomic E-state index is 12.5. The van der Waals surface area contributed by atoms with Crippen LogP contribution in [0, 0.1) is 5.92 Å². The van der Waals surface area contributed by atoms with Gasteiger partial charge in [0.25, 0.3) is 0 Å². The molecule has 0 N–H and O–H groups in total. The SMILES string of the molecule is CC/C=C\C/C=C\C/C=C\C/C=C\C/C=C\C/C=C\CCC(=O)O[C@@H]1OCC2C1OC[C@@H]2OC(=O)CC/C=C\C/C=C\C/C=C\C/C=C\C/C=C\C/C=C\CC. The molecule has 0 radical (unpaired) electrons. The van der Waals surface area contributed by atoms with Crippen molar-refractivity contribution >= 4 is 11.9 Å². The summed E-state index contributed by atoms with van der Waals surface area (Å²) in [5.74, 6) is -0.711. The van der Waals surface area contributed by atoms with E-state index in [1.54, 1.807) is 0 Å². The van der Waals surface area contributed by atoms with Crippen molar-refractivity contribution in [2.24, 2.45) is 5.92 Å². The van der Waals surface area contributed by atoms with Crippen molar-refractivity contribution < 1.29 is 28.5 Å². The highest BCUT2D eigenvalue weighted by molar-refractivity contribution is 5.70. The van der Waals surface area contributed by atoms with Gasteiger partial charge in [-0.2, -0.15) is 0 Å². The van der Waals surface area contributed by atoms with Gasteiger partial charge in [-0.15, -0.1) is 0 Å². The van der Waals surface area contributed by atoms with Crippen LogP contribution in [0.4, 0.5) is 0 Å². The average Bonchev–Trinajstić information content (AvgIpc) is 3.79. The van der Waals surface area contributed by atoms with Crippen LogP contribution < -0.4 is 0 Å². The lowest BCUT2D eigenvalue weighted by atomic mass is 10.0. The van der Waals surface area contributed by atoms with Gasteiger partial charge >= 0.3 is 11.9 Å². The smallest absolute Gasteiger partial charge is 0.308 e. The zero-order valence-electron chi connectivity index (χ0n) is 34.3. The van der Waals surface area contributed by atoms with Gasteiger partial charge in [-0.3, -0.25) is 9.59 Å². The second-order valence-electron chi connectivity index (χ2n) is 13.6. The minimum Gasteiger partial charge on any atom is -0.459 e. The number of hydrogen-bond donors (Lipinski definition) is 0. The number of esters is 2. The molecular formula is C50H70O6. The van der Waals surface area contributed by atoms with Crippen LogP contribution in [0.3, 0.4) is 0 Å². The Kier molecular flexibility index (Phi) is 30.1. The molecule has 0 spiro atoms. The van der Waals surface area contributed by atoms with E-state index in [9.17, 15) is 9.59 Å². The predicted octanol–water partition coefficient (Wildman–Crippen LogP) is 12.8. The topological polar surface area (TPSA) is 71.1 Å². The summed E-state index contributed by atoms with van der Waals surface area (Å²) in [7, 11) is 0. The minimum absolute atomic E-state index is 0.133. The Bertz CT molecular complexity index is 1290. The molecule has 306 valence electrons. The Morgan fingerprint density at radius 1 is 0.429 bits per heavy atom. The van der Waals surface area contributed by atoms with Gasteiger partial charge in [-0.1, -0.05) is 160 Å². The van der Waals surface area contributed by atoms with Crippen molar-refractivity contribution in [2.75, 3.05) is 13.2 Å². The van der Waals surface area contributed by atoms with Crippen LogP contribution in [-0.4, -0.2) is 43.7 Å². The Balaban J connectivity index is 1.47. The van der Waals surface area contributed by atoms with Crippen LogP contribution in [0.25, 0.3) is 0 Å². The Morgan fingerprint density at radius 3 is 1.11 bits per heavy atom. The third-order valence-electron chi connectivity index (χ3n) is 8.83. The molecule has 2 saturated heterocycles. The third-order valence-corrected chi connectivity index (χ3v) is 8.83. The van der Waals surface area contributed by atoms with Crippen LogP contribution in [0.5, 0.6) is 0 Å². The molecule has 0 aromatic carbocycles. The molecule has 0 aliphatic carbocycles. The third kappa shape index (κ3) is 25.8. The van der Waals surface area contributed by atoms with Crippen LogP contribution in [-0.2, 0) is 28.5 Å². The van der Waals surface area contributed by atoms with Crippen molar-refractivity contribution in [1.82, 2.24) is 0 Å². The number of carbonyl (C=O) groups is 2. The van der Waals surface area contributed by atoms with E-state index < -0.39 is 12.4 Å². The minimum atomic E-state index is -0.764. The molecule has 2 heterocycles. The molecule has 6 nitrogen and oxygen atoms in total. The number of allylic oxidation sites excluding steroid dienone is 24. The van der Waals surface area contributed by atoms with E-state index in [0.29, 0.717) is 25.9 Å². The molecule has 2 rings (SSSR count). The largest absolute Gasteiger partial charge is 0.459 e. The second kappa shape index (κ2) is 35.2. The first kappa shape index (κ1) is 47.9. The van der Waals surface area contributed by atoms with E-state index in [2.05, 4.69) is 148 Å². The van der Waals surface area contributed by atoms with E-state index in [0.717, 1.165) is 77.0 Å². The number of fused-ring (bicyclic) bond motifs is 1. The summed E-state index contributed by atoms with van der Waals surface area (Å²) in [6.07, 6.45) is 63.7. The zero-order valence-corrected chi connectivity index (χ0v) is 34.3. The molecule has 2 unspecified atom stereocenters. The summed E-state index contributed by atoms with van der Waals surface area (Å²) in [6.45, 7) is 4.92. The highest BCUT2D eigenvalue weighted by atomic mass is 16.7. The molecule has 0 amide bonds. The van der Waals surface area contributed by atoms with Crippen molar-refractivity contribution in [3.8, 4) is 0 Å². The molecule has 0 aromatic rings. The first-order valence-electron chi connectivity index (χ1n) is 21.1. The monoisotopic (exact) mass is 767 g/mol. The molecule has 0 saturated carbocycles. The fourth-order valence-electron chi connectivity index (χ4n) is 5.77. The Hall–Kier alpha value is -4.26. The van der Waals surface area contributed by atoms with Crippen LogP contribution in [0.15, 0.2) is 146 Å². The lowest BCUT2D eigenvalue weighted by Crippen LogP contribution is -2.32. The lowest BCUT2D eigenvalue weighted by molar-refractivity contribution is -0.186. The van der Waals surface area contributed by atoms with E-state index in [4.69, 9.17) is 18.9 Å². The second-order valence-corrected chi connectivity index (χ2v) is 13.6. The first-order chi connectivity index (χ1) is 27.7. The zero-order chi connectivity index (χ0) is 40.0. The maximum Gasteiger partial charge on any atom is 0.308 e. The van der Waals surface area contributed by atoms with E-state index in [1.165, 1.54) is 0 Å². The van der Waals surface area contributed by atoms with Gasteiger partial charge in [0.2, 0.25) is 6.29 Å². The Labute approximate surface area is 339 Å². The quantitative estimate of drug-likeness (QED) is 0.0535. The molecule has 2 aliphatic heterocycles. The first-order valence-corrected chi connectivity index (χ1v) is 21.1. The van der Waals surface area contributed by atoms with Crippen molar-refractivity contribution in [1.29, 1.82) is 0 Å². The van der Waals surface area contributed by atoms with Gasteiger partial charge in [0, 0.05) is 12.8 Å². The van der Waals surface area contributed by atoms with Gasteiger partial charge in [-0.25, -0.2) is 0 Å². The Morgan fingerprint density at radius 2 is 0.750 bits per heavy atom. The van der Waals surface area contributed by atoms with Gasteiger partial charge in [0.15, 0.2) is 0 Å². The van der Waals surface area contributed by atoms with E-state index >= 15 is 0 Å². The standard InChI is InChI=1S/C50H70O6/c1-3-5-7-9-11-13-15-17-19-21-23-25-27-29-31-33-35-37-39-41-47(51)55-46-44-53-49-45(46)43-54-50(49)56-48(52)42-40-38-36-34-32-30-28-26-24-22-20-18-16-14-12-10-8-6-4-2/h5-8,11-14,17-20,23-26,29-32,35-38,45-46,49-50H,3-4,9-10,15-16,21-22,27-28,33-34,39-44H2,1-2H3/b7-5-,8-6-,13-11-,14-12-,19-17-,20-18-,25-23-,26-24-,31-29-,32-30-,37-35-,38-36-/t45?,46-,49?,50-/m0/s1. The predicted molar refractivity (Wildman–Crippen MR) is 234 cm³/mol. The molecule has 6 heteroatoms. The summed E-state index contributed by atoms with van der Waals surface area (Å²) < 4.78 is 22.8. The molecule has 0 aromatic heterocycles. The number of carbonyl (C=O) groups excluding carboxylic acids is 2. The molecule has 4 atom stereocenters. The molecular weight excluding hydrogens is 697 g/mol. The fraction of sp³-hybridized carbons (Fsp3) is 0.480. The highest BCUT2D eigenvalue weighted by Gasteiger charge is 2.50. The van der Waals surface area contributed by atoms with Gasteiger partial charge in [0.05, 0.1) is 19.1 Å². The van der Waals surface area contributed by atoms with Crippen molar-refractivity contribution in [2.45, 2.75) is 135 Å². The molecule has 0 bridgehead atoms. The average molecular weight is 767 g/mol. The summed E-state index contributed by atoms with van der Waals surface area (Å²) >= 11 is 0. The van der Waals surface area contributed by atoms with Crippen LogP contribution in [0.2, 0.25) is 0 Å². The van der Waals surface area contributed by atoms with E-state index in [1.807, 2.05) is 12.2 Å². The summed E-state index contributed by atoms with van der Waals surface area (Å²) in [4.78, 5) is 24.9. The van der Waals surface area contributed by atoms with Gasteiger partial charge < -0.3 is 18.9 Å². The molecule has 56 heavy (non-hydrogen) atoms. The van der Waals surface area contributed by atoms with Crippen molar-refractivity contribution in [3.63, 3.8) is 0 Å². The summed E-state index contributed by atoms with van der Waals surface area (Å²) in [6, 6.07) is 0. The number of rotatable bonds is 30. The summed E-state index contributed by atoms with van der Waals surface area (Å²) in [5, 5.41) is 0. The number of ether oxygens (including phenoxy) is 4. The van der Waals surface area contributed by atoms with Gasteiger partial charge in [-0.05, 0) is 89.9 Å². The molecule has 2 fully saturated rings. The van der Waals surface area contributed by atoms with Crippen molar-refractivity contribution in [3.05, 3.63) is 146 Å². The van der Waals surface area contributed by atoms with Crippen LogP contribution in [0.1, 0.15) is 117 Å². The summed E-state index contributed by atoms with van der Waals surface area (Å²) in [5.41, 5.74) is 0. The fourth-order valence-corrected chi connectivity index (χ4v) is 5.77. The van der Waals surface area contributed by atoms with Crippen LogP contribution >= 0.6 is 0 Å². The maximum absolute atomic E-state index is 12.5. The lowest BCUT2D eigenvalue weighted by Gasteiger charge is -2.17. The van der Waals surface area contributed by atoms with Gasteiger partial charge in [0.1, 0.15) is 12.2 Å².